The monoisotopic (exact) mass is 281 g/mol. The van der Waals surface area contributed by atoms with Gasteiger partial charge in [0.1, 0.15) is 10.8 Å². The number of thiophene rings is 1. The Kier molecular flexibility index (Phi) is 3.93. The molecular weight excluding hydrogens is 270 g/mol. The van der Waals surface area contributed by atoms with Gasteiger partial charge in [0.05, 0.1) is 18.9 Å². The van der Waals surface area contributed by atoms with Crippen molar-refractivity contribution >= 4 is 28.8 Å². The van der Waals surface area contributed by atoms with Gasteiger partial charge in [0.15, 0.2) is 0 Å². The number of aromatic nitrogens is 2. The SMILES string of the molecule is Cc1ccsc1CN(C)C(=O)c1cnc(Cl)cn1. The Morgan fingerprint density at radius 2 is 2.22 bits per heavy atom. The molecule has 2 rings (SSSR count). The van der Waals surface area contributed by atoms with Gasteiger partial charge in [-0.25, -0.2) is 9.97 Å². The molecule has 0 unspecified atom stereocenters. The van der Waals surface area contributed by atoms with Gasteiger partial charge in [-0.2, -0.15) is 0 Å². The number of hydrogen-bond acceptors (Lipinski definition) is 4. The molecule has 0 atom stereocenters. The van der Waals surface area contributed by atoms with Gasteiger partial charge in [0.25, 0.3) is 5.91 Å². The Bertz CT molecular complexity index is 553. The Hall–Kier alpha value is -1.46. The fraction of sp³-hybridized carbons (Fsp3) is 0.250. The summed E-state index contributed by atoms with van der Waals surface area (Å²) in [5.41, 5.74) is 1.50. The van der Waals surface area contributed by atoms with E-state index in [0.29, 0.717) is 12.2 Å². The molecule has 0 aliphatic heterocycles. The topological polar surface area (TPSA) is 46.1 Å². The fourth-order valence-corrected chi connectivity index (χ4v) is 2.53. The molecule has 6 heteroatoms. The summed E-state index contributed by atoms with van der Waals surface area (Å²) in [6, 6.07) is 2.04. The van der Waals surface area contributed by atoms with Crippen LogP contribution in [0.15, 0.2) is 23.8 Å². The lowest BCUT2D eigenvalue weighted by molar-refractivity contribution is 0.0780. The van der Waals surface area contributed by atoms with Crippen LogP contribution in [0.5, 0.6) is 0 Å². The highest BCUT2D eigenvalue weighted by Gasteiger charge is 2.15. The molecule has 0 radical (unpaired) electrons. The van der Waals surface area contributed by atoms with E-state index in [-0.39, 0.29) is 11.1 Å². The van der Waals surface area contributed by atoms with Crippen molar-refractivity contribution < 1.29 is 4.79 Å². The highest BCUT2D eigenvalue weighted by molar-refractivity contribution is 7.10. The third kappa shape index (κ3) is 2.86. The second-order valence-corrected chi connectivity index (χ2v) is 5.30. The van der Waals surface area contributed by atoms with E-state index in [0.717, 1.165) is 0 Å². The average Bonchev–Trinajstić information content (AvgIpc) is 2.75. The number of carbonyl (C=O) groups is 1. The van der Waals surface area contributed by atoms with Crippen molar-refractivity contribution in [2.75, 3.05) is 7.05 Å². The summed E-state index contributed by atoms with van der Waals surface area (Å²) in [5, 5.41) is 2.30. The van der Waals surface area contributed by atoms with Gasteiger partial charge in [-0.1, -0.05) is 11.6 Å². The predicted molar refractivity (Wildman–Crippen MR) is 71.9 cm³/mol. The van der Waals surface area contributed by atoms with Gasteiger partial charge in [-0.15, -0.1) is 11.3 Å². The quantitative estimate of drug-likeness (QED) is 0.869. The molecular formula is C12H12ClN3OS. The molecule has 0 N–H and O–H groups in total. The van der Waals surface area contributed by atoms with Crippen LogP contribution in [0, 0.1) is 6.92 Å². The molecule has 0 fully saturated rings. The maximum absolute atomic E-state index is 12.1. The van der Waals surface area contributed by atoms with E-state index in [1.807, 2.05) is 18.4 Å². The van der Waals surface area contributed by atoms with Crippen LogP contribution < -0.4 is 0 Å². The number of hydrogen-bond donors (Lipinski definition) is 0. The molecule has 2 heterocycles. The summed E-state index contributed by atoms with van der Waals surface area (Å²) in [6.07, 6.45) is 2.77. The zero-order valence-electron chi connectivity index (χ0n) is 10.1. The van der Waals surface area contributed by atoms with Crippen LogP contribution in [0.4, 0.5) is 0 Å². The van der Waals surface area contributed by atoms with Crippen molar-refractivity contribution in [2.24, 2.45) is 0 Å². The first-order chi connectivity index (χ1) is 8.58. The van der Waals surface area contributed by atoms with Crippen molar-refractivity contribution in [3.63, 3.8) is 0 Å². The van der Waals surface area contributed by atoms with E-state index < -0.39 is 0 Å². The normalized spacial score (nSPS) is 10.4. The number of aryl methyl sites for hydroxylation is 1. The lowest BCUT2D eigenvalue weighted by Gasteiger charge is -2.16. The molecule has 1 amide bonds. The van der Waals surface area contributed by atoms with Crippen LogP contribution in [-0.2, 0) is 6.54 Å². The van der Waals surface area contributed by atoms with Crippen LogP contribution >= 0.6 is 22.9 Å². The zero-order valence-corrected chi connectivity index (χ0v) is 11.6. The van der Waals surface area contributed by atoms with E-state index in [1.165, 1.54) is 22.8 Å². The zero-order chi connectivity index (χ0) is 13.1. The van der Waals surface area contributed by atoms with E-state index >= 15 is 0 Å². The predicted octanol–water partition coefficient (Wildman–Crippen LogP) is 2.77. The van der Waals surface area contributed by atoms with Crippen LogP contribution in [0.3, 0.4) is 0 Å². The summed E-state index contributed by atoms with van der Waals surface area (Å²) in [7, 11) is 1.75. The van der Waals surface area contributed by atoms with E-state index in [1.54, 1.807) is 23.3 Å². The molecule has 94 valence electrons. The second kappa shape index (κ2) is 5.46. The average molecular weight is 282 g/mol. The van der Waals surface area contributed by atoms with Crippen LogP contribution in [0.25, 0.3) is 0 Å². The van der Waals surface area contributed by atoms with Gasteiger partial charge >= 0.3 is 0 Å². The smallest absolute Gasteiger partial charge is 0.274 e. The summed E-state index contributed by atoms with van der Waals surface area (Å²) in [5.74, 6) is -0.160. The van der Waals surface area contributed by atoms with Crippen molar-refractivity contribution in [2.45, 2.75) is 13.5 Å². The molecule has 0 aliphatic rings. The lowest BCUT2D eigenvalue weighted by Crippen LogP contribution is -2.27. The number of halogens is 1. The molecule has 18 heavy (non-hydrogen) atoms. The third-order valence-corrected chi connectivity index (χ3v) is 3.74. The summed E-state index contributed by atoms with van der Waals surface area (Å²) in [4.78, 5) is 22.7. The summed E-state index contributed by atoms with van der Waals surface area (Å²) < 4.78 is 0. The van der Waals surface area contributed by atoms with E-state index in [9.17, 15) is 4.79 Å². The molecule has 0 aliphatic carbocycles. The van der Waals surface area contributed by atoms with E-state index in [4.69, 9.17) is 11.6 Å². The summed E-state index contributed by atoms with van der Waals surface area (Å²) >= 11 is 7.28. The van der Waals surface area contributed by atoms with Crippen LogP contribution in [0.2, 0.25) is 5.15 Å². The first kappa shape index (κ1) is 13.0. The standard InChI is InChI=1S/C12H12ClN3OS/c1-8-3-4-18-10(8)7-16(2)12(17)9-5-15-11(13)6-14-9/h3-6H,7H2,1-2H3. The maximum atomic E-state index is 12.1. The number of nitrogens with zero attached hydrogens (tertiary/aromatic N) is 3. The maximum Gasteiger partial charge on any atom is 0.274 e. The molecule has 0 bridgehead atoms. The van der Waals surface area contributed by atoms with Gasteiger partial charge in [-0.3, -0.25) is 4.79 Å². The minimum atomic E-state index is -0.160. The Morgan fingerprint density at radius 1 is 1.44 bits per heavy atom. The molecule has 2 aromatic rings. The first-order valence-corrected chi connectivity index (χ1v) is 6.59. The molecule has 0 saturated carbocycles. The van der Waals surface area contributed by atoms with Crippen molar-refractivity contribution in [1.82, 2.24) is 14.9 Å². The second-order valence-electron chi connectivity index (χ2n) is 3.91. The molecule has 0 spiro atoms. The highest BCUT2D eigenvalue weighted by Crippen LogP contribution is 2.18. The lowest BCUT2D eigenvalue weighted by atomic mass is 10.3. The molecule has 4 nitrogen and oxygen atoms in total. The van der Waals surface area contributed by atoms with Gasteiger partial charge in [0.2, 0.25) is 0 Å². The minimum absolute atomic E-state index is 0.160. The first-order valence-electron chi connectivity index (χ1n) is 5.34. The number of rotatable bonds is 3. The van der Waals surface area contributed by atoms with Crippen molar-refractivity contribution in [1.29, 1.82) is 0 Å². The van der Waals surface area contributed by atoms with Crippen molar-refractivity contribution in [3.8, 4) is 0 Å². The molecule has 2 aromatic heterocycles. The number of carbonyl (C=O) groups excluding carboxylic acids is 1. The fourth-order valence-electron chi connectivity index (χ4n) is 1.47. The van der Waals surface area contributed by atoms with Crippen LogP contribution in [0.1, 0.15) is 20.9 Å². The van der Waals surface area contributed by atoms with Gasteiger partial charge in [-0.05, 0) is 23.9 Å². The van der Waals surface area contributed by atoms with Crippen molar-refractivity contribution in [3.05, 3.63) is 45.1 Å². The van der Waals surface area contributed by atoms with Gasteiger partial charge in [0, 0.05) is 11.9 Å². The summed E-state index contributed by atoms with van der Waals surface area (Å²) in [6.45, 7) is 2.61. The molecule has 0 saturated heterocycles. The molecule has 0 aromatic carbocycles. The van der Waals surface area contributed by atoms with Gasteiger partial charge < -0.3 is 4.90 Å². The minimum Gasteiger partial charge on any atom is -0.335 e. The number of amides is 1. The highest BCUT2D eigenvalue weighted by atomic mass is 35.5. The van der Waals surface area contributed by atoms with E-state index in [2.05, 4.69) is 9.97 Å². The largest absolute Gasteiger partial charge is 0.335 e. The third-order valence-electron chi connectivity index (χ3n) is 2.54. The Morgan fingerprint density at radius 3 is 2.78 bits per heavy atom. The van der Waals surface area contributed by atoms with Crippen LogP contribution in [-0.4, -0.2) is 27.8 Å². The Balaban J connectivity index is 2.09. The Labute approximate surface area is 114 Å².